The van der Waals surface area contributed by atoms with Crippen LogP contribution in [0.4, 0.5) is 0 Å². The summed E-state index contributed by atoms with van der Waals surface area (Å²) in [7, 11) is 0. The van der Waals surface area contributed by atoms with Gasteiger partial charge in [0.25, 0.3) is 0 Å². The van der Waals surface area contributed by atoms with Crippen molar-refractivity contribution in [1.82, 2.24) is 9.97 Å². The lowest BCUT2D eigenvalue weighted by molar-refractivity contribution is -0.0396. The molecule has 0 saturated heterocycles. The first kappa shape index (κ1) is 34.2. The van der Waals surface area contributed by atoms with E-state index < -0.39 is 0 Å². The fourth-order valence-corrected chi connectivity index (χ4v) is 12.8. The van der Waals surface area contributed by atoms with Crippen molar-refractivity contribution in [3.63, 3.8) is 0 Å². The summed E-state index contributed by atoms with van der Waals surface area (Å²) in [6, 6.07) is 67.2. The maximum atomic E-state index is 5.30. The molecule has 286 valence electrons. The van der Waals surface area contributed by atoms with E-state index in [1.165, 1.54) is 87.4 Å². The Morgan fingerprint density at radius 2 is 0.950 bits per heavy atom. The summed E-state index contributed by atoms with van der Waals surface area (Å²) in [6.45, 7) is 0. The molecule has 4 saturated carbocycles. The zero-order valence-corrected chi connectivity index (χ0v) is 33.6. The van der Waals surface area contributed by atoms with Crippen LogP contribution in [0.1, 0.15) is 43.2 Å². The van der Waals surface area contributed by atoms with E-state index in [2.05, 4.69) is 182 Å². The summed E-state index contributed by atoms with van der Waals surface area (Å²) in [6.07, 6.45) is 6.94. The molecule has 4 fully saturated rings. The second-order valence-corrected chi connectivity index (χ2v) is 18.2. The number of hydrogen-bond donors (Lipinski definition) is 0. The number of aromatic nitrogens is 2. The van der Waals surface area contributed by atoms with Crippen LogP contribution in [0.2, 0.25) is 0 Å². The van der Waals surface area contributed by atoms with Crippen molar-refractivity contribution in [1.29, 1.82) is 0 Å². The van der Waals surface area contributed by atoms with Crippen molar-refractivity contribution in [2.75, 3.05) is 0 Å². The normalized spacial score (nSPS) is 22.1. The van der Waals surface area contributed by atoms with E-state index >= 15 is 0 Å². The maximum absolute atomic E-state index is 5.30. The van der Waals surface area contributed by atoms with Gasteiger partial charge < -0.3 is 0 Å². The molecule has 8 aromatic carbocycles. The second-order valence-electron chi connectivity index (χ2n) is 18.2. The molecule has 9 aromatic rings. The number of nitrogens with zero attached hydrogens (tertiary/aromatic N) is 2. The first-order valence-electron chi connectivity index (χ1n) is 22.0. The van der Waals surface area contributed by atoms with E-state index in [9.17, 15) is 0 Å². The van der Waals surface area contributed by atoms with Crippen LogP contribution in [0.25, 0.3) is 88.8 Å². The zero-order valence-electron chi connectivity index (χ0n) is 33.6. The number of para-hydroxylation sites is 1. The van der Waals surface area contributed by atoms with Crippen LogP contribution < -0.4 is 0 Å². The van der Waals surface area contributed by atoms with Gasteiger partial charge in [-0.25, -0.2) is 9.97 Å². The summed E-state index contributed by atoms with van der Waals surface area (Å²) in [4.78, 5) is 10.4. The van der Waals surface area contributed by atoms with E-state index in [4.69, 9.17) is 9.97 Å². The van der Waals surface area contributed by atoms with Gasteiger partial charge in [-0.2, -0.15) is 0 Å². The molecular weight excluding hydrogens is 725 g/mol. The summed E-state index contributed by atoms with van der Waals surface area (Å²) in [5.41, 5.74) is 17.8. The third-order valence-electron chi connectivity index (χ3n) is 15.0. The SMILES string of the molecule is c1ccc(-c2ccc(-c3nc(-c4cccc(-c5cccc(-c6cccc7c6C6(c8cc9ccccc9cc8-7)C7CC8CC(C7)CC6C8)c5)c4)nc4ccccc34)cc2)cc1. The van der Waals surface area contributed by atoms with Crippen LogP contribution in [0.15, 0.2) is 182 Å². The monoisotopic (exact) mass is 768 g/mol. The summed E-state index contributed by atoms with van der Waals surface area (Å²) >= 11 is 0. The van der Waals surface area contributed by atoms with E-state index in [-0.39, 0.29) is 5.41 Å². The highest BCUT2D eigenvalue weighted by molar-refractivity contribution is 5.97. The zero-order chi connectivity index (χ0) is 39.4. The first-order valence-corrected chi connectivity index (χ1v) is 22.0. The minimum absolute atomic E-state index is 0.0711. The third kappa shape index (κ3) is 5.13. The average molecular weight is 769 g/mol. The molecule has 1 heterocycles. The van der Waals surface area contributed by atoms with Crippen LogP contribution >= 0.6 is 0 Å². The molecule has 60 heavy (non-hydrogen) atoms. The van der Waals surface area contributed by atoms with Gasteiger partial charge in [0.05, 0.1) is 11.2 Å². The lowest BCUT2D eigenvalue weighted by atomic mass is 9.42. The highest BCUT2D eigenvalue weighted by Gasteiger charge is 2.62. The first-order chi connectivity index (χ1) is 29.7. The summed E-state index contributed by atoms with van der Waals surface area (Å²) in [5, 5.41) is 3.78. The topological polar surface area (TPSA) is 25.8 Å². The maximum Gasteiger partial charge on any atom is 0.160 e. The molecular formula is C58H44N2. The molecule has 0 unspecified atom stereocenters. The summed E-state index contributed by atoms with van der Waals surface area (Å²) < 4.78 is 0. The van der Waals surface area contributed by atoms with Gasteiger partial charge in [-0.1, -0.05) is 152 Å². The molecule has 0 radical (unpaired) electrons. The number of rotatable bonds is 5. The number of hydrogen-bond acceptors (Lipinski definition) is 2. The van der Waals surface area contributed by atoms with E-state index in [0.717, 1.165) is 45.4 Å². The molecule has 4 bridgehead atoms. The molecule has 14 rings (SSSR count). The van der Waals surface area contributed by atoms with E-state index in [1.807, 2.05) is 0 Å². The van der Waals surface area contributed by atoms with Crippen molar-refractivity contribution >= 4 is 21.7 Å². The van der Waals surface area contributed by atoms with Crippen molar-refractivity contribution < 1.29 is 0 Å². The highest BCUT2D eigenvalue weighted by Crippen LogP contribution is 2.70. The predicted octanol–water partition coefficient (Wildman–Crippen LogP) is 14.8. The van der Waals surface area contributed by atoms with E-state index in [0.29, 0.717) is 11.8 Å². The predicted molar refractivity (Wildman–Crippen MR) is 247 cm³/mol. The average Bonchev–Trinajstić information content (AvgIpc) is 3.59. The van der Waals surface area contributed by atoms with Crippen LogP contribution in [-0.4, -0.2) is 9.97 Å². The van der Waals surface area contributed by atoms with Crippen molar-refractivity contribution in [3.8, 4) is 67.2 Å². The fraction of sp³-hybridized carbons (Fsp3) is 0.172. The van der Waals surface area contributed by atoms with Gasteiger partial charge in [-0.3, -0.25) is 0 Å². The molecule has 0 amide bonds. The fourth-order valence-electron chi connectivity index (χ4n) is 12.8. The molecule has 5 aliphatic rings. The summed E-state index contributed by atoms with van der Waals surface area (Å²) in [5.74, 6) is 3.94. The second kappa shape index (κ2) is 13.2. The molecule has 5 aliphatic carbocycles. The quantitative estimate of drug-likeness (QED) is 0.174. The largest absolute Gasteiger partial charge is 0.228 e. The van der Waals surface area contributed by atoms with Gasteiger partial charge in [0.2, 0.25) is 0 Å². The molecule has 2 nitrogen and oxygen atoms in total. The molecule has 0 N–H and O–H groups in total. The Morgan fingerprint density at radius 1 is 0.383 bits per heavy atom. The Kier molecular flexibility index (Phi) is 7.52. The van der Waals surface area contributed by atoms with Crippen LogP contribution in [0, 0.1) is 23.7 Å². The molecule has 1 spiro atoms. The van der Waals surface area contributed by atoms with Gasteiger partial charge in [0.1, 0.15) is 0 Å². The van der Waals surface area contributed by atoms with Crippen LogP contribution in [0.5, 0.6) is 0 Å². The number of benzene rings is 8. The van der Waals surface area contributed by atoms with Gasteiger partial charge in [0.15, 0.2) is 5.82 Å². The Labute approximate surface area is 351 Å². The minimum atomic E-state index is 0.0711. The third-order valence-corrected chi connectivity index (χ3v) is 15.0. The van der Waals surface area contributed by atoms with Crippen molar-refractivity contribution in [3.05, 3.63) is 193 Å². The molecule has 2 heteroatoms. The Balaban J connectivity index is 0.917. The van der Waals surface area contributed by atoms with Gasteiger partial charge in [0, 0.05) is 21.9 Å². The van der Waals surface area contributed by atoms with Gasteiger partial charge in [-0.15, -0.1) is 0 Å². The Morgan fingerprint density at radius 3 is 1.72 bits per heavy atom. The Bertz CT molecular complexity index is 3130. The minimum Gasteiger partial charge on any atom is -0.228 e. The van der Waals surface area contributed by atoms with Gasteiger partial charge in [-0.05, 0) is 153 Å². The van der Waals surface area contributed by atoms with Crippen molar-refractivity contribution in [2.45, 2.75) is 37.5 Å². The van der Waals surface area contributed by atoms with Gasteiger partial charge >= 0.3 is 0 Å². The van der Waals surface area contributed by atoms with E-state index in [1.54, 1.807) is 11.1 Å². The van der Waals surface area contributed by atoms with Crippen LogP contribution in [-0.2, 0) is 5.41 Å². The number of fused-ring (bicyclic) bond motifs is 5. The smallest absolute Gasteiger partial charge is 0.160 e. The molecule has 0 aliphatic heterocycles. The molecule has 0 atom stereocenters. The van der Waals surface area contributed by atoms with Crippen molar-refractivity contribution in [2.24, 2.45) is 23.7 Å². The molecule has 1 aromatic heterocycles. The highest BCUT2D eigenvalue weighted by atomic mass is 14.9. The Hall–Kier alpha value is -6.64. The van der Waals surface area contributed by atoms with Crippen LogP contribution in [0.3, 0.4) is 0 Å². The lowest BCUT2D eigenvalue weighted by Crippen LogP contribution is -2.55. The lowest BCUT2D eigenvalue weighted by Gasteiger charge is -2.61. The standard InChI is InChI=1S/C58H44N2/c1-2-11-38(12-3-1)39-23-25-40(26-24-39)56-51-19-6-7-22-54(51)59-57(60-56)46-18-9-16-42(33-46)41-15-8-17-45(32-41)49-20-10-21-50-52-34-43-13-4-5-14-44(43)35-53(52)58(55(49)50)47-28-36-27-37(30-47)31-48(58)29-36/h1-26,32-37,47-48H,27-31H2.